The Hall–Kier alpha value is -1.63. The monoisotopic (exact) mass is 284 g/mol. The number of rotatable bonds is 2. The maximum absolute atomic E-state index is 11.5. The van der Waals surface area contributed by atoms with Gasteiger partial charge in [-0.25, -0.2) is 0 Å². The lowest BCUT2D eigenvalue weighted by Gasteiger charge is -2.44. The predicted molar refractivity (Wildman–Crippen MR) is 79.3 cm³/mol. The maximum Gasteiger partial charge on any atom is 0.136 e. The average molecular weight is 284 g/mol. The molecule has 0 bridgehead atoms. The molecule has 3 heteroatoms. The van der Waals surface area contributed by atoms with Crippen LogP contribution in [0.15, 0.2) is 30.3 Å². The zero-order chi connectivity index (χ0) is 14.8. The Morgan fingerprint density at radius 1 is 1.24 bits per heavy atom. The molecule has 5 atom stereocenters. The molecule has 0 aliphatic heterocycles. The molecule has 0 aromatic heterocycles. The highest BCUT2D eigenvalue weighted by Crippen LogP contribution is 2.45. The summed E-state index contributed by atoms with van der Waals surface area (Å²) in [6.07, 6.45) is 1.27. The molecule has 3 rings (SSSR count). The fourth-order valence-corrected chi connectivity index (χ4v) is 3.46. The number of aliphatic hydroxyl groups excluding tert-OH is 2. The lowest BCUT2D eigenvalue weighted by molar-refractivity contribution is -0.141. The van der Waals surface area contributed by atoms with Crippen molar-refractivity contribution < 1.29 is 15.0 Å². The van der Waals surface area contributed by atoms with Gasteiger partial charge in [0.25, 0.3) is 0 Å². The fraction of sp³-hybridized carbons (Fsp3) is 0.500. The third-order valence-corrected chi connectivity index (χ3v) is 4.71. The smallest absolute Gasteiger partial charge is 0.136 e. The SMILES string of the molecule is O=C1C[C@@H]2[C@@H](C#C[C@@H](O)Cc3ccccc3)[C@H](O)CC[C@H]12. The van der Waals surface area contributed by atoms with Crippen LogP contribution in [0, 0.1) is 29.6 Å². The van der Waals surface area contributed by atoms with E-state index in [-0.39, 0.29) is 17.8 Å². The van der Waals surface area contributed by atoms with E-state index in [4.69, 9.17) is 0 Å². The molecule has 0 saturated heterocycles. The molecule has 2 saturated carbocycles. The van der Waals surface area contributed by atoms with E-state index >= 15 is 0 Å². The Bertz CT molecular complexity index is 569. The molecule has 1 aromatic rings. The second-order valence-corrected chi connectivity index (χ2v) is 6.11. The second kappa shape index (κ2) is 6.01. The number of Topliss-reactive ketones (excluding diaryl/α,β-unsaturated/α-hetero) is 1. The number of ketones is 1. The van der Waals surface area contributed by atoms with Crippen LogP contribution in [-0.2, 0) is 11.2 Å². The third-order valence-electron chi connectivity index (χ3n) is 4.71. The van der Waals surface area contributed by atoms with Crippen molar-refractivity contribution in [3.8, 4) is 11.8 Å². The molecule has 0 unspecified atom stereocenters. The van der Waals surface area contributed by atoms with Crippen LogP contribution in [0.4, 0.5) is 0 Å². The summed E-state index contributed by atoms with van der Waals surface area (Å²) in [5.41, 5.74) is 1.04. The molecule has 0 spiro atoms. The molecule has 2 aliphatic carbocycles. The van der Waals surface area contributed by atoms with E-state index in [9.17, 15) is 15.0 Å². The Morgan fingerprint density at radius 3 is 2.71 bits per heavy atom. The van der Waals surface area contributed by atoms with Gasteiger partial charge in [-0.3, -0.25) is 4.79 Å². The van der Waals surface area contributed by atoms with Crippen molar-refractivity contribution in [2.75, 3.05) is 0 Å². The largest absolute Gasteiger partial charge is 0.392 e. The summed E-state index contributed by atoms with van der Waals surface area (Å²) < 4.78 is 0. The standard InChI is InChI=1S/C18H20O3/c19-13(10-12-4-2-1-3-5-12)6-7-14-16-11-18(21)15(16)8-9-17(14)20/h1-5,13-17,19-20H,8-11H2/t13-,14-,15+,16-,17-/m1/s1. The van der Waals surface area contributed by atoms with Crippen LogP contribution >= 0.6 is 0 Å². The van der Waals surface area contributed by atoms with Gasteiger partial charge < -0.3 is 10.2 Å². The van der Waals surface area contributed by atoms with E-state index in [1.54, 1.807) is 0 Å². The molecule has 21 heavy (non-hydrogen) atoms. The van der Waals surface area contributed by atoms with Crippen molar-refractivity contribution in [2.45, 2.75) is 37.9 Å². The summed E-state index contributed by atoms with van der Waals surface area (Å²) in [4.78, 5) is 11.5. The second-order valence-electron chi connectivity index (χ2n) is 6.11. The van der Waals surface area contributed by atoms with Gasteiger partial charge in [0.2, 0.25) is 0 Å². The van der Waals surface area contributed by atoms with E-state index in [2.05, 4.69) is 11.8 Å². The molecule has 2 aliphatic rings. The highest BCUT2D eigenvalue weighted by atomic mass is 16.3. The fourth-order valence-electron chi connectivity index (χ4n) is 3.46. The van der Waals surface area contributed by atoms with Crippen LogP contribution in [0.5, 0.6) is 0 Å². The van der Waals surface area contributed by atoms with Crippen molar-refractivity contribution in [1.82, 2.24) is 0 Å². The summed E-state index contributed by atoms with van der Waals surface area (Å²) in [5.74, 6) is 6.34. The van der Waals surface area contributed by atoms with Gasteiger partial charge in [-0.15, -0.1) is 0 Å². The van der Waals surface area contributed by atoms with E-state index < -0.39 is 12.2 Å². The summed E-state index contributed by atoms with van der Waals surface area (Å²) in [7, 11) is 0. The first-order valence-corrected chi connectivity index (χ1v) is 7.59. The lowest BCUT2D eigenvalue weighted by atomic mass is 9.59. The number of carbonyl (C=O) groups is 1. The highest BCUT2D eigenvalue weighted by molar-refractivity contribution is 5.87. The molecule has 0 radical (unpaired) electrons. The molecule has 2 fully saturated rings. The Morgan fingerprint density at radius 2 is 2.00 bits per heavy atom. The average Bonchev–Trinajstić information content (AvgIpc) is 2.46. The van der Waals surface area contributed by atoms with Crippen molar-refractivity contribution >= 4 is 5.78 Å². The van der Waals surface area contributed by atoms with Crippen LogP contribution in [0.2, 0.25) is 0 Å². The normalized spacial score (nSPS) is 32.4. The van der Waals surface area contributed by atoms with Crippen LogP contribution in [0.3, 0.4) is 0 Å². The number of hydrogen-bond donors (Lipinski definition) is 2. The molecular formula is C18H20O3. The number of aliphatic hydroxyl groups is 2. The van der Waals surface area contributed by atoms with Gasteiger partial charge in [0.05, 0.1) is 12.0 Å². The Kier molecular flexibility index (Phi) is 4.10. The van der Waals surface area contributed by atoms with Crippen LogP contribution in [0.25, 0.3) is 0 Å². The number of carbonyl (C=O) groups excluding carboxylic acids is 1. The topological polar surface area (TPSA) is 57.5 Å². The molecule has 1 aromatic carbocycles. The zero-order valence-corrected chi connectivity index (χ0v) is 11.9. The number of benzene rings is 1. The third kappa shape index (κ3) is 3.02. The van der Waals surface area contributed by atoms with Crippen molar-refractivity contribution in [1.29, 1.82) is 0 Å². The minimum absolute atomic E-state index is 0.0963. The molecule has 0 heterocycles. The first kappa shape index (κ1) is 14.3. The molecule has 2 N–H and O–H groups in total. The maximum atomic E-state index is 11.5. The number of hydrogen-bond acceptors (Lipinski definition) is 3. The minimum Gasteiger partial charge on any atom is -0.392 e. The summed E-state index contributed by atoms with van der Waals surface area (Å²) in [5, 5.41) is 20.1. The quantitative estimate of drug-likeness (QED) is 0.811. The van der Waals surface area contributed by atoms with Crippen LogP contribution < -0.4 is 0 Å². The van der Waals surface area contributed by atoms with Gasteiger partial charge in [0, 0.05) is 18.8 Å². The van der Waals surface area contributed by atoms with Crippen molar-refractivity contribution in [3.63, 3.8) is 0 Å². The van der Waals surface area contributed by atoms with Gasteiger partial charge in [-0.1, -0.05) is 42.2 Å². The zero-order valence-electron chi connectivity index (χ0n) is 11.9. The van der Waals surface area contributed by atoms with E-state index in [0.29, 0.717) is 25.0 Å². The molecule has 0 amide bonds. The van der Waals surface area contributed by atoms with E-state index in [0.717, 1.165) is 12.0 Å². The minimum atomic E-state index is -0.726. The molecule has 3 nitrogen and oxygen atoms in total. The molecular weight excluding hydrogens is 264 g/mol. The number of fused-ring (bicyclic) bond motifs is 1. The Labute approximate surface area is 125 Å². The van der Waals surface area contributed by atoms with Gasteiger partial charge in [-0.05, 0) is 24.3 Å². The van der Waals surface area contributed by atoms with Gasteiger partial charge in [-0.2, -0.15) is 0 Å². The highest BCUT2D eigenvalue weighted by Gasteiger charge is 2.48. The lowest BCUT2D eigenvalue weighted by Crippen LogP contribution is -2.49. The van der Waals surface area contributed by atoms with E-state index in [1.165, 1.54) is 0 Å². The Balaban J connectivity index is 1.64. The summed E-state index contributed by atoms with van der Waals surface area (Å²) in [6.45, 7) is 0. The summed E-state index contributed by atoms with van der Waals surface area (Å²) in [6, 6.07) is 9.73. The summed E-state index contributed by atoms with van der Waals surface area (Å²) >= 11 is 0. The predicted octanol–water partition coefficient (Wildman–Crippen LogP) is 1.57. The van der Waals surface area contributed by atoms with Crippen molar-refractivity contribution in [3.05, 3.63) is 35.9 Å². The molecule has 110 valence electrons. The van der Waals surface area contributed by atoms with Gasteiger partial charge >= 0.3 is 0 Å². The first-order chi connectivity index (χ1) is 10.1. The van der Waals surface area contributed by atoms with Crippen molar-refractivity contribution in [2.24, 2.45) is 17.8 Å². The van der Waals surface area contributed by atoms with E-state index in [1.807, 2.05) is 30.3 Å². The van der Waals surface area contributed by atoms with Gasteiger partial charge in [0.1, 0.15) is 11.9 Å². The van der Waals surface area contributed by atoms with Gasteiger partial charge in [0.15, 0.2) is 0 Å². The van der Waals surface area contributed by atoms with Crippen LogP contribution in [0.1, 0.15) is 24.8 Å². The van der Waals surface area contributed by atoms with Crippen LogP contribution in [-0.4, -0.2) is 28.2 Å². The first-order valence-electron chi connectivity index (χ1n) is 7.59.